The van der Waals surface area contributed by atoms with Crippen molar-refractivity contribution in [3.05, 3.63) is 81.9 Å². The average molecular weight is 548 g/mol. The van der Waals surface area contributed by atoms with Crippen molar-refractivity contribution >= 4 is 41.2 Å². The number of likely N-dealkylation sites (N-methyl/N-ethyl adjacent to an activating group) is 1. The maximum atomic E-state index is 13.8. The Morgan fingerprint density at radius 1 is 1.07 bits per heavy atom. The summed E-state index contributed by atoms with van der Waals surface area (Å²) in [6.07, 6.45) is 1.02. The van der Waals surface area contributed by atoms with Crippen molar-refractivity contribution in [2.45, 2.75) is 20.8 Å². The van der Waals surface area contributed by atoms with Crippen LogP contribution in [0.4, 0.5) is 14.9 Å². The van der Waals surface area contributed by atoms with Crippen LogP contribution >= 0.6 is 0 Å². The molecule has 10 nitrogen and oxygen atoms in total. The molecule has 40 heavy (non-hydrogen) atoms. The summed E-state index contributed by atoms with van der Waals surface area (Å²) in [5.74, 6) is -1.10. The average Bonchev–Trinajstić information content (AvgIpc) is 3.40. The summed E-state index contributed by atoms with van der Waals surface area (Å²) in [4.78, 5) is 54.4. The molecule has 1 aromatic heterocycles. The van der Waals surface area contributed by atoms with Crippen LogP contribution in [0.5, 0.6) is 5.75 Å². The molecule has 11 heteroatoms. The number of hydrogen-bond acceptors (Lipinski definition) is 5. The van der Waals surface area contributed by atoms with E-state index in [1.165, 1.54) is 42.3 Å². The number of anilines is 1. The van der Waals surface area contributed by atoms with Gasteiger partial charge in [-0.05, 0) is 74.9 Å². The highest BCUT2D eigenvalue weighted by molar-refractivity contribution is 6.34. The van der Waals surface area contributed by atoms with Gasteiger partial charge >= 0.3 is 6.09 Å². The number of fused-ring (bicyclic) bond motifs is 1. The summed E-state index contributed by atoms with van der Waals surface area (Å²) in [5.41, 5.74) is 3.94. The number of nitrogens with zero attached hydrogens (tertiary/aromatic N) is 1. The van der Waals surface area contributed by atoms with Crippen molar-refractivity contribution in [3.63, 3.8) is 0 Å². The van der Waals surface area contributed by atoms with Crippen molar-refractivity contribution < 1.29 is 28.3 Å². The molecule has 4 N–H and O–H groups in total. The Morgan fingerprint density at radius 3 is 2.48 bits per heavy atom. The van der Waals surface area contributed by atoms with Crippen molar-refractivity contribution in [2.24, 2.45) is 0 Å². The number of ether oxygens (including phenoxy) is 1. The first kappa shape index (κ1) is 28.1. The second-order valence-corrected chi connectivity index (χ2v) is 9.17. The lowest BCUT2D eigenvalue weighted by atomic mass is 10.0. The Labute approximate surface area is 230 Å². The monoisotopic (exact) mass is 547 g/mol. The van der Waals surface area contributed by atoms with Crippen LogP contribution in [0.15, 0.2) is 42.5 Å². The molecule has 4 amide bonds. The highest BCUT2D eigenvalue weighted by Crippen LogP contribution is 2.34. The number of carbonyl (C=O) groups excluding carboxylic acids is 4. The molecule has 2 aromatic carbocycles. The van der Waals surface area contributed by atoms with E-state index < -0.39 is 11.9 Å². The minimum absolute atomic E-state index is 0.174. The molecule has 1 aliphatic heterocycles. The number of amides is 4. The van der Waals surface area contributed by atoms with Gasteiger partial charge in [-0.25, -0.2) is 9.18 Å². The summed E-state index contributed by atoms with van der Waals surface area (Å²) < 4.78 is 19.2. The molecule has 0 saturated carbocycles. The fourth-order valence-corrected chi connectivity index (χ4v) is 4.46. The Hall–Kier alpha value is -4.93. The summed E-state index contributed by atoms with van der Waals surface area (Å²) >= 11 is 0. The van der Waals surface area contributed by atoms with Crippen LogP contribution < -0.4 is 20.7 Å². The van der Waals surface area contributed by atoms with Crippen LogP contribution in [0.2, 0.25) is 0 Å². The number of aromatic amines is 1. The second kappa shape index (κ2) is 11.9. The van der Waals surface area contributed by atoms with Gasteiger partial charge in [-0.2, -0.15) is 0 Å². The normalized spacial score (nSPS) is 13.0. The number of carbonyl (C=O) groups is 4. The van der Waals surface area contributed by atoms with E-state index in [2.05, 4.69) is 20.9 Å². The Balaban J connectivity index is 1.39. The van der Waals surface area contributed by atoms with Gasteiger partial charge in [-0.3, -0.25) is 14.4 Å². The molecule has 2 heterocycles. The molecule has 4 rings (SSSR count). The van der Waals surface area contributed by atoms with Crippen molar-refractivity contribution in [1.82, 2.24) is 20.5 Å². The highest BCUT2D eigenvalue weighted by atomic mass is 19.1. The summed E-state index contributed by atoms with van der Waals surface area (Å²) in [6, 6.07) is 10.3. The fraction of sp³-hybridized carbons (Fsp3) is 0.241. The van der Waals surface area contributed by atoms with Crippen LogP contribution in [-0.4, -0.2) is 60.4 Å². The smallest absolute Gasteiger partial charge is 0.410 e. The minimum atomic E-state index is -0.584. The van der Waals surface area contributed by atoms with Crippen molar-refractivity contribution in [3.8, 4) is 5.75 Å². The zero-order valence-electron chi connectivity index (χ0n) is 22.6. The topological polar surface area (TPSA) is 133 Å². The Kier molecular flexibility index (Phi) is 8.32. The third-order valence-corrected chi connectivity index (χ3v) is 6.61. The van der Waals surface area contributed by atoms with Crippen molar-refractivity contribution in [2.75, 3.05) is 32.0 Å². The number of halogens is 1. The molecule has 208 valence electrons. The number of nitrogens with one attached hydrogen (secondary N) is 4. The molecule has 1 aliphatic rings. The number of rotatable bonds is 8. The van der Waals surface area contributed by atoms with E-state index >= 15 is 0 Å². The van der Waals surface area contributed by atoms with E-state index in [1.54, 1.807) is 39.0 Å². The molecule has 0 spiro atoms. The lowest BCUT2D eigenvalue weighted by Crippen LogP contribution is -2.40. The van der Waals surface area contributed by atoms with E-state index in [4.69, 9.17) is 4.74 Å². The quantitative estimate of drug-likeness (QED) is 0.318. The molecule has 0 atom stereocenters. The number of hydrogen-bond donors (Lipinski definition) is 4. The largest absolute Gasteiger partial charge is 0.415 e. The van der Waals surface area contributed by atoms with Gasteiger partial charge in [0.1, 0.15) is 11.6 Å². The predicted octanol–water partition coefficient (Wildman–Crippen LogP) is 3.87. The van der Waals surface area contributed by atoms with Crippen LogP contribution in [0.1, 0.15) is 50.2 Å². The maximum absolute atomic E-state index is 13.8. The predicted molar refractivity (Wildman–Crippen MR) is 149 cm³/mol. The third-order valence-electron chi connectivity index (χ3n) is 6.61. The summed E-state index contributed by atoms with van der Waals surface area (Å²) in [6.45, 7) is 6.04. The molecule has 0 fully saturated rings. The highest BCUT2D eigenvalue weighted by Gasteiger charge is 2.26. The molecule has 0 bridgehead atoms. The molecular weight excluding hydrogens is 517 g/mol. The fourth-order valence-electron chi connectivity index (χ4n) is 4.46. The lowest BCUT2D eigenvalue weighted by Gasteiger charge is -2.20. The van der Waals surface area contributed by atoms with Gasteiger partial charge in [-0.1, -0.05) is 0 Å². The minimum Gasteiger partial charge on any atom is -0.410 e. The Morgan fingerprint density at radius 2 is 1.80 bits per heavy atom. The first-order chi connectivity index (χ1) is 19.1. The standard InChI is InChI=1S/C29H30FN5O5/c1-5-35(29(39)40-20-9-6-18(7-10-20)26(36)31-4)13-12-32-28(38)25-16(2)24(33-17(25)3)15-22-21-14-19(30)8-11-23(21)34-27(22)37/h6-11,14-15,33H,5,12-13H2,1-4H3,(H,31,36)(H,32,38)(H,34,37)/b22-15-. The van der Waals surface area contributed by atoms with Gasteiger partial charge in [0.25, 0.3) is 17.7 Å². The Bertz CT molecular complexity index is 1510. The number of H-pyrrole nitrogens is 1. The maximum Gasteiger partial charge on any atom is 0.415 e. The van der Waals surface area contributed by atoms with Crippen LogP contribution in [0.3, 0.4) is 0 Å². The number of aromatic nitrogens is 1. The van der Waals surface area contributed by atoms with Gasteiger partial charge in [0.15, 0.2) is 0 Å². The van der Waals surface area contributed by atoms with Gasteiger partial charge in [0.05, 0.1) is 11.1 Å². The third kappa shape index (κ3) is 5.88. The van der Waals surface area contributed by atoms with Crippen LogP contribution in [0.25, 0.3) is 11.6 Å². The molecule has 0 aliphatic carbocycles. The summed E-state index contributed by atoms with van der Waals surface area (Å²) in [5, 5.41) is 8.06. The lowest BCUT2D eigenvalue weighted by molar-refractivity contribution is -0.110. The van der Waals surface area contributed by atoms with Gasteiger partial charge < -0.3 is 30.6 Å². The molecule has 3 aromatic rings. The first-order valence-electron chi connectivity index (χ1n) is 12.7. The van der Waals surface area contributed by atoms with E-state index in [0.29, 0.717) is 57.2 Å². The summed E-state index contributed by atoms with van der Waals surface area (Å²) in [7, 11) is 1.53. The molecular formula is C29H30FN5O5. The molecule has 0 unspecified atom stereocenters. The number of benzene rings is 2. The van der Waals surface area contributed by atoms with E-state index in [9.17, 15) is 23.6 Å². The van der Waals surface area contributed by atoms with Gasteiger partial charge in [-0.15, -0.1) is 0 Å². The van der Waals surface area contributed by atoms with E-state index in [-0.39, 0.29) is 30.8 Å². The van der Waals surface area contributed by atoms with E-state index in [0.717, 1.165) is 0 Å². The van der Waals surface area contributed by atoms with Crippen LogP contribution in [-0.2, 0) is 4.79 Å². The SMILES string of the molecule is CCN(CCNC(=O)c1c(C)[nH]c(/C=C2\C(=O)Nc3ccc(F)cc32)c1C)C(=O)Oc1ccc(C(=O)NC)cc1. The molecule has 0 radical (unpaired) electrons. The number of aryl methyl sites for hydroxylation is 1. The van der Waals surface area contributed by atoms with Crippen LogP contribution in [0, 0.1) is 19.7 Å². The van der Waals surface area contributed by atoms with Crippen molar-refractivity contribution in [1.29, 1.82) is 0 Å². The first-order valence-corrected chi connectivity index (χ1v) is 12.7. The zero-order chi connectivity index (χ0) is 29.0. The van der Waals surface area contributed by atoms with Gasteiger partial charge in [0.2, 0.25) is 0 Å². The zero-order valence-corrected chi connectivity index (χ0v) is 22.6. The molecule has 0 saturated heterocycles. The second-order valence-electron chi connectivity index (χ2n) is 9.17. The van der Waals surface area contributed by atoms with Gasteiger partial charge in [0, 0.05) is 54.9 Å². The van der Waals surface area contributed by atoms with E-state index in [1.807, 2.05) is 0 Å².